The number of carbonyl (C=O) groups is 1. The molecule has 0 bridgehead atoms. The van der Waals surface area contributed by atoms with Crippen molar-refractivity contribution in [3.05, 3.63) is 58.0 Å². The largest absolute Gasteiger partial charge is 0.493 e. The summed E-state index contributed by atoms with van der Waals surface area (Å²) in [5.74, 6) is 1.18. The number of hydrogen-bond acceptors (Lipinski definition) is 5. The van der Waals surface area contributed by atoms with Crippen LogP contribution < -0.4 is 5.73 Å². The highest BCUT2D eigenvalue weighted by Gasteiger charge is 2.16. The van der Waals surface area contributed by atoms with Gasteiger partial charge in [-0.3, -0.25) is 9.89 Å². The highest BCUT2D eigenvalue weighted by Crippen LogP contribution is 2.28. The van der Waals surface area contributed by atoms with Crippen LogP contribution in [0.1, 0.15) is 64.1 Å². The number of rotatable bonds is 3. The molecule has 156 valence electrons. The van der Waals surface area contributed by atoms with Crippen molar-refractivity contribution in [3.63, 3.8) is 0 Å². The number of thiazole rings is 1. The molecule has 1 unspecified atom stereocenters. The van der Waals surface area contributed by atoms with Gasteiger partial charge in [0.15, 0.2) is 0 Å². The van der Waals surface area contributed by atoms with Crippen molar-refractivity contribution in [2.75, 3.05) is 6.61 Å². The van der Waals surface area contributed by atoms with E-state index >= 15 is 0 Å². The van der Waals surface area contributed by atoms with Crippen LogP contribution in [-0.4, -0.2) is 27.7 Å². The lowest BCUT2D eigenvalue weighted by Gasteiger charge is -2.04. The van der Waals surface area contributed by atoms with Gasteiger partial charge in [0.1, 0.15) is 5.76 Å². The Morgan fingerprint density at radius 2 is 2.11 bits per heavy atom. The second kappa shape index (κ2) is 15.6. The molecule has 1 aliphatic heterocycles. The first-order valence-electron chi connectivity index (χ1n) is 9.61. The quantitative estimate of drug-likeness (QED) is 0.739. The molecule has 0 aliphatic carbocycles. The molecule has 1 amide bonds. The predicted molar refractivity (Wildman–Crippen MR) is 117 cm³/mol. The molecule has 3 rings (SSSR count). The Bertz CT molecular complexity index is 692. The van der Waals surface area contributed by atoms with E-state index in [1.165, 1.54) is 10.6 Å². The average Bonchev–Trinajstić information content (AvgIpc) is 3.47. The number of aryl methyl sites for hydroxylation is 1. The summed E-state index contributed by atoms with van der Waals surface area (Å²) < 4.78 is 5.51. The summed E-state index contributed by atoms with van der Waals surface area (Å²) in [5.41, 5.74) is 7.08. The lowest BCUT2D eigenvalue weighted by molar-refractivity contribution is -0.117. The summed E-state index contributed by atoms with van der Waals surface area (Å²) in [6.45, 7) is 12.7. The Kier molecular flexibility index (Phi) is 14.3. The first-order chi connectivity index (χ1) is 13.5. The number of amides is 1. The van der Waals surface area contributed by atoms with Gasteiger partial charge < -0.3 is 10.5 Å². The molecule has 3 N–H and O–H groups in total. The van der Waals surface area contributed by atoms with Crippen molar-refractivity contribution in [2.45, 2.75) is 60.3 Å². The van der Waals surface area contributed by atoms with Crippen LogP contribution in [-0.2, 0) is 9.53 Å². The van der Waals surface area contributed by atoms with Gasteiger partial charge in [-0.2, -0.15) is 5.10 Å². The van der Waals surface area contributed by atoms with E-state index in [1.54, 1.807) is 24.5 Å². The maximum atomic E-state index is 9.59. The highest BCUT2D eigenvalue weighted by atomic mass is 32.1. The number of nitrogens with zero attached hydrogens (tertiary/aromatic N) is 2. The van der Waals surface area contributed by atoms with E-state index in [0.717, 1.165) is 24.5 Å². The molecule has 0 aromatic carbocycles. The van der Waals surface area contributed by atoms with Crippen LogP contribution >= 0.6 is 11.3 Å². The van der Waals surface area contributed by atoms with Gasteiger partial charge in [-0.1, -0.05) is 33.8 Å². The van der Waals surface area contributed by atoms with Crippen LogP contribution in [0.15, 0.2) is 47.3 Å². The van der Waals surface area contributed by atoms with E-state index in [4.69, 9.17) is 4.74 Å². The molecule has 1 aliphatic rings. The van der Waals surface area contributed by atoms with Gasteiger partial charge in [-0.15, -0.1) is 11.3 Å². The zero-order chi connectivity index (χ0) is 21.4. The molecule has 0 radical (unpaired) electrons. The molecular formula is C21H34N4O2S. The lowest BCUT2D eigenvalue weighted by atomic mass is 10.1. The van der Waals surface area contributed by atoms with Crippen LogP contribution in [0.4, 0.5) is 0 Å². The van der Waals surface area contributed by atoms with E-state index in [9.17, 15) is 4.79 Å². The van der Waals surface area contributed by atoms with Crippen LogP contribution in [0.3, 0.4) is 0 Å². The standard InChI is InChI=1S/C12H15NOS.C4H6N2.C3H7NO.C2H6/c1-3-11-10(4-6-14-11)8-9(2)12-13-5-7-15-12;1-4-2-3-5-6-4;1-2-3(4)5;1-2/h3,5,7-9H,4,6H2,1-2H3;2-3H,1H3,(H,5,6);2H2,1H3,(H2,4,5);1-2H3/b10-8-,11-3+;;;. The summed E-state index contributed by atoms with van der Waals surface area (Å²) >= 11 is 1.71. The van der Waals surface area contributed by atoms with E-state index in [1.807, 2.05) is 51.4 Å². The molecule has 3 heterocycles. The minimum Gasteiger partial charge on any atom is -0.493 e. The molecule has 28 heavy (non-hydrogen) atoms. The van der Waals surface area contributed by atoms with E-state index in [2.05, 4.69) is 33.9 Å². The van der Waals surface area contributed by atoms with Crippen molar-refractivity contribution < 1.29 is 9.53 Å². The van der Waals surface area contributed by atoms with Gasteiger partial charge in [-0.25, -0.2) is 4.98 Å². The second-order valence-electron chi connectivity index (χ2n) is 5.66. The third-order valence-corrected chi connectivity index (χ3v) is 4.46. The van der Waals surface area contributed by atoms with Crippen molar-refractivity contribution >= 4 is 17.2 Å². The fourth-order valence-corrected chi connectivity index (χ4v) is 2.74. The topological polar surface area (TPSA) is 93.9 Å². The maximum Gasteiger partial charge on any atom is 0.217 e. The highest BCUT2D eigenvalue weighted by molar-refractivity contribution is 7.09. The number of carbonyl (C=O) groups excluding carboxylic acids is 1. The van der Waals surface area contributed by atoms with Gasteiger partial charge in [0.25, 0.3) is 0 Å². The Morgan fingerprint density at radius 1 is 1.43 bits per heavy atom. The summed E-state index contributed by atoms with van der Waals surface area (Å²) in [7, 11) is 0. The summed E-state index contributed by atoms with van der Waals surface area (Å²) in [5, 5.41) is 9.64. The molecule has 1 saturated heterocycles. The smallest absolute Gasteiger partial charge is 0.217 e. The number of nitrogens with two attached hydrogens (primary N) is 1. The fraction of sp³-hybridized carbons (Fsp3) is 0.476. The predicted octanol–water partition coefficient (Wildman–Crippen LogP) is 5.12. The molecule has 2 aromatic rings. The van der Waals surface area contributed by atoms with E-state index in [-0.39, 0.29) is 5.91 Å². The molecule has 0 saturated carbocycles. The number of hydrogen-bond donors (Lipinski definition) is 2. The van der Waals surface area contributed by atoms with Gasteiger partial charge >= 0.3 is 0 Å². The number of nitrogens with one attached hydrogen (secondary N) is 1. The van der Waals surface area contributed by atoms with Crippen LogP contribution in [0.25, 0.3) is 0 Å². The molecule has 0 spiro atoms. The Hall–Kier alpha value is -2.41. The third kappa shape index (κ3) is 10.7. The second-order valence-corrected chi connectivity index (χ2v) is 6.59. The van der Waals surface area contributed by atoms with Crippen molar-refractivity contribution in [1.29, 1.82) is 0 Å². The number of aromatic nitrogens is 3. The van der Waals surface area contributed by atoms with Gasteiger partial charge in [-0.05, 0) is 31.6 Å². The van der Waals surface area contributed by atoms with E-state index < -0.39 is 0 Å². The minimum absolute atomic E-state index is 0.245. The third-order valence-electron chi connectivity index (χ3n) is 3.49. The van der Waals surface area contributed by atoms with Gasteiger partial charge in [0.05, 0.1) is 11.6 Å². The van der Waals surface area contributed by atoms with E-state index in [0.29, 0.717) is 12.3 Å². The van der Waals surface area contributed by atoms with Crippen molar-refractivity contribution in [1.82, 2.24) is 15.2 Å². The molecular weight excluding hydrogens is 372 g/mol. The fourth-order valence-electron chi connectivity index (χ4n) is 2.08. The Balaban J connectivity index is 0.000000463. The minimum atomic E-state index is -0.245. The number of allylic oxidation sites excluding steroid dienone is 3. The van der Waals surface area contributed by atoms with Gasteiger partial charge in [0, 0.05) is 42.2 Å². The molecule has 7 heteroatoms. The Morgan fingerprint density at radius 3 is 2.50 bits per heavy atom. The number of H-pyrrole nitrogens is 1. The van der Waals surface area contributed by atoms with Crippen molar-refractivity contribution in [3.8, 4) is 0 Å². The normalized spacial score (nSPS) is 15.9. The molecule has 2 aromatic heterocycles. The first kappa shape index (κ1) is 25.6. The lowest BCUT2D eigenvalue weighted by Crippen LogP contribution is -2.06. The van der Waals surface area contributed by atoms with Crippen LogP contribution in [0.5, 0.6) is 0 Å². The summed E-state index contributed by atoms with van der Waals surface area (Å²) in [6.07, 6.45) is 9.36. The van der Waals surface area contributed by atoms with Gasteiger partial charge in [0.2, 0.25) is 5.91 Å². The van der Waals surface area contributed by atoms with Crippen LogP contribution in [0.2, 0.25) is 0 Å². The SMILES string of the molecule is C/C=C1/OCC/C1=C/C(C)c1nccs1.CC.CCC(N)=O.Cc1ccn[nH]1. The molecule has 1 atom stereocenters. The molecule has 1 fully saturated rings. The number of aromatic amines is 1. The number of ether oxygens (including phenoxy) is 1. The zero-order valence-electron chi connectivity index (χ0n) is 17.9. The van der Waals surface area contributed by atoms with Crippen LogP contribution in [0, 0.1) is 6.92 Å². The number of primary amides is 1. The zero-order valence-corrected chi connectivity index (χ0v) is 18.7. The first-order valence-corrected chi connectivity index (χ1v) is 10.5. The summed E-state index contributed by atoms with van der Waals surface area (Å²) in [6, 6.07) is 1.92. The molecule has 6 nitrogen and oxygen atoms in total. The average molecular weight is 407 g/mol. The monoisotopic (exact) mass is 406 g/mol. The van der Waals surface area contributed by atoms with Crippen molar-refractivity contribution in [2.24, 2.45) is 5.73 Å². The Labute approximate surface area is 172 Å². The summed E-state index contributed by atoms with van der Waals surface area (Å²) in [4.78, 5) is 13.9. The maximum absolute atomic E-state index is 9.59.